The average Bonchev–Trinajstić information content (AvgIpc) is 4.23. The number of carbonyl (C=O) groups excluding carboxylic acids is 5. The van der Waals surface area contributed by atoms with Crippen molar-refractivity contribution in [3.8, 4) is 56.0 Å². The second-order valence-corrected chi connectivity index (χ2v) is 16.5. The zero-order valence-corrected chi connectivity index (χ0v) is 43.8. The van der Waals surface area contributed by atoms with Gasteiger partial charge in [0.25, 0.3) is 11.8 Å². The molecule has 0 bridgehead atoms. The van der Waals surface area contributed by atoms with Crippen LogP contribution in [0.15, 0.2) is 228 Å². The van der Waals surface area contributed by atoms with E-state index in [0.717, 1.165) is 33.4 Å². The molecule has 376 valence electrons. The Morgan fingerprint density at radius 2 is 0.831 bits per heavy atom. The molecule has 15 nitrogen and oxygen atoms in total. The second-order valence-electron chi connectivity index (χ2n) is 16.5. The number of carbonyl (C=O) groups is 5. The van der Waals surface area contributed by atoms with Gasteiger partial charge in [0.05, 0.1) is 66.3 Å². The van der Waals surface area contributed by atoms with Gasteiger partial charge in [-0.1, -0.05) is 115 Å². The largest absolute Gasteiger partial charge is 1.00 e. The molecule has 2 amide bonds. The summed E-state index contributed by atoms with van der Waals surface area (Å²) >= 11 is 0. The van der Waals surface area contributed by atoms with Crippen molar-refractivity contribution in [3.63, 3.8) is 0 Å². The molecule has 0 saturated carbocycles. The van der Waals surface area contributed by atoms with Crippen molar-refractivity contribution in [2.45, 2.75) is 0 Å². The number of nitrogens with zero attached hydrogens (tertiary/aromatic N) is 2. The standard InChI is InChI=1S/C24H18N2O4.C23H16N2O4.C14H13NO2.Na/c1-29-24(28)20-10-9-17(16-6-3-2-4-7-16)13-21(20)26-23(27)19-12-18(14-25-15-19)22-8-5-11-30-22;26-22(18-11-17(13-24-14-18)21-7-4-10-29-21)25-20-12-16(8-9-19(20)23(27)28)15-5-2-1-3-6-15;1-17-14(16)12-8-7-11(9-13(12)15)10-5-3-2-4-6-10;/h2-15H,1H3,(H,26,27);1-14H,(H,25,26)(H,27,28);2-9H,15H2,1H3;/q;;;+1/p-1. The first kappa shape index (κ1) is 55.1. The van der Waals surface area contributed by atoms with E-state index in [4.69, 9.17) is 19.3 Å². The summed E-state index contributed by atoms with van der Waals surface area (Å²) in [5, 5.41) is 17.0. The molecular formula is C61H46N5NaO10. The number of aromatic nitrogens is 2. The summed E-state index contributed by atoms with van der Waals surface area (Å²) in [5.74, 6) is -2.02. The number of nitrogen functional groups attached to an aromatic ring is 1. The fourth-order valence-electron chi connectivity index (χ4n) is 7.72. The van der Waals surface area contributed by atoms with E-state index in [1.807, 2.05) is 103 Å². The molecule has 0 aliphatic carbocycles. The van der Waals surface area contributed by atoms with Gasteiger partial charge in [-0.3, -0.25) is 19.6 Å². The van der Waals surface area contributed by atoms with Gasteiger partial charge in [0.1, 0.15) is 11.5 Å². The Morgan fingerprint density at radius 1 is 0.442 bits per heavy atom. The van der Waals surface area contributed by atoms with E-state index in [0.29, 0.717) is 45.1 Å². The number of hydrogen-bond donors (Lipinski definition) is 3. The number of aromatic carboxylic acids is 1. The Labute approximate surface area is 464 Å². The smallest absolute Gasteiger partial charge is 0.545 e. The summed E-state index contributed by atoms with van der Waals surface area (Å²) in [5.41, 5.74) is 14.8. The number of carboxylic acids is 1. The number of rotatable bonds is 12. The number of esters is 2. The van der Waals surface area contributed by atoms with Gasteiger partial charge in [-0.15, -0.1) is 0 Å². The van der Waals surface area contributed by atoms with Gasteiger partial charge in [0.2, 0.25) is 0 Å². The first-order valence-corrected chi connectivity index (χ1v) is 23.3. The monoisotopic (exact) mass is 1030 g/mol. The predicted molar refractivity (Wildman–Crippen MR) is 287 cm³/mol. The summed E-state index contributed by atoms with van der Waals surface area (Å²) < 4.78 is 20.2. The van der Waals surface area contributed by atoms with E-state index in [-0.39, 0.29) is 51.9 Å². The van der Waals surface area contributed by atoms with Crippen LogP contribution < -0.4 is 51.0 Å². The molecule has 4 heterocycles. The average molecular weight is 1030 g/mol. The Balaban J connectivity index is 0.000000173. The molecule has 4 aromatic heterocycles. The number of pyridine rings is 2. The summed E-state index contributed by atoms with van der Waals surface area (Å²) in [6.45, 7) is 0. The molecule has 10 rings (SSSR count). The first-order valence-electron chi connectivity index (χ1n) is 23.3. The number of amides is 2. The van der Waals surface area contributed by atoms with Crippen molar-refractivity contribution in [2.24, 2.45) is 0 Å². The molecule has 4 N–H and O–H groups in total. The third-order valence-corrected chi connectivity index (χ3v) is 11.6. The molecule has 0 aliphatic heterocycles. The molecule has 0 aliphatic rings. The van der Waals surface area contributed by atoms with E-state index in [1.165, 1.54) is 38.9 Å². The number of nitrogens with one attached hydrogen (secondary N) is 2. The fourth-order valence-corrected chi connectivity index (χ4v) is 7.72. The van der Waals surface area contributed by atoms with E-state index < -0.39 is 29.7 Å². The van der Waals surface area contributed by atoms with Crippen molar-refractivity contribution in [2.75, 3.05) is 30.6 Å². The molecule has 77 heavy (non-hydrogen) atoms. The van der Waals surface area contributed by atoms with Crippen LogP contribution in [0.25, 0.3) is 56.0 Å². The molecule has 0 fully saturated rings. The van der Waals surface area contributed by atoms with Crippen LogP contribution in [0.5, 0.6) is 0 Å². The number of methoxy groups -OCH3 is 2. The van der Waals surface area contributed by atoms with Crippen molar-refractivity contribution in [3.05, 3.63) is 247 Å². The van der Waals surface area contributed by atoms with Crippen LogP contribution >= 0.6 is 0 Å². The fraction of sp³-hybridized carbons (Fsp3) is 0.0328. The number of ether oxygens (including phenoxy) is 2. The first-order chi connectivity index (χ1) is 37.0. The number of nitrogens with two attached hydrogens (primary N) is 1. The van der Waals surface area contributed by atoms with Gasteiger partial charge >= 0.3 is 41.5 Å². The maximum absolute atomic E-state index is 12.9. The van der Waals surface area contributed by atoms with Gasteiger partial charge in [-0.2, -0.15) is 0 Å². The molecule has 16 heteroatoms. The Morgan fingerprint density at radius 3 is 1.22 bits per heavy atom. The van der Waals surface area contributed by atoms with Crippen molar-refractivity contribution < 1.29 is 76.9 Å². The van der Waals surface area contributed by atoms with Crippen LogP contribution in [0.4, 0.5) is 17.1 Å². The maximum atomic E-state index is 12.9. The normalized spacial score (nSPS) is 10.2. The molecule has 0 unspecified atom stereocenters. The van der Waals surface area contributed by atoms with Crippen LogP contribution in [0.2, 0.25) is 0 Å². The zero-order valence-electron chi connectivity index (χ0n) is 41.8. The molecule has 0 spiro atoms. The van der Waals surface area contributed by atoms with Gasteiger partial charge < -0.3 is 44.6 Å². The summed E-state index contributed by atoms with van der Waals surface area (Å²) in [7, 11) is 2.64. The van der Waals surface area contributed by atoms with Crippen LogP contribution in [0, 0.1) is 0 Å². The number of hydrogen-bond acceptors (Lipinski definition) is 13. The predicted octanol–water partition coefficient (Wildman–Crippen LogP) is 8.40. The van der Waals surface area contributed by atoms with Crippen LogP contribution in [-0.4, -0.2) is 53.9 Å². The Kier molecular flexibility index (Phi) is 19.0. The number of anilines is 3. The van der Waals surface area contributed by atoms with Gasteiger partial charge in [0, 0.05) is 47.2 Å². The minimum atomic E-state index is -1.37. The van der Waals surface area contributed by atoms with Crippen LogP contribution in [0.3, 0.4) is 0 Å². The van der Waals surface area contributed by atoms with E-state index in [1.54, 1.807) is 91.5 Å². The quantitative estimate of drug-likeness (QED) is 0.0594. The summed E-state index contributed by atoms with van der Waals surface area (Å²) in [6, 6.07) is 54.6. The molecule has 0 atom stereocenters. The van der Waals surface area contributed by atoms with Crippen LogP contribution in [0.1, 0.15) is 51.8 Å². The van der Waals surface area contributed by atoms with Crippen molar-refractivity contribution in [1.82, 2.24) is 9.97 Å². The number of benzene rings is 6. The molecular weight excluding hydrogens is 986 g/mol. The van der Waals surface area contributed by atoms with Gasteiger partial charge in [-0.05, 0) is 100 Å². The Hall–Kier alpha value is -9.67. The number of carboxylic acid groups (broad SMARTS) is 1. The van der Waals surface area contributed by atoms with E-state index in [2.05, 4.69) is 25.3 Å². The SMILES string of the molecule is COC(=O)c1ccc(-c2ccccc2)cc1N.COC(=O)c1ccc(-c2ccccc2)cc1NC(=O)c1cncc(-c2ccco2)c1.O=C(Nc1cc(-c2ccccc2)ccc1C(=O)[O-])c1cncc(-c2ccco2)c1.[Na+]. The minimum Gasteiger partial charge on any atom is -0.545 e. The minimum absolute atomic E-state index is 0. The zero-order chi connectivity index (χ0) is 53.4. The molecule has 0 saturated heterocycles. The summed E-state index contributed by atoms with van der Waals surface area (Å²) in [4.78, 5) is 69.0. The third kappa shape index (κ3) is 14.1. The van der Waals surface area contributed by atoms with E-state index in [9.17, 15) is 29.1 Å². The topological polar surface area (TPSA) is 229 Å². The van der Waals surface area contributed by atoms with Crippen molar-refractivity contribution >= 4 is 46.8 Å². The van der Waals surface area contributed by atoms with Gasteiger partial charge in [0.15, 0.2) is 0 Å². The molecule has 6 aromatic carbocycles. The van der Waals surface area contributed by atoms with E-state index >= 15 is 0 Å². The van der Waals surface area contributed by atoms with Gasteiger partial charge in [-0.25, -0.2) is 9.59 Å². The third-order valence-electron chi connectivity index (χ3n) is 11.6. The second kappa shape index (κ2) is 26.5. The Bertz CT molecular complexity index is 3630. The maximum Gasteiger partial charge on any atom is 1.00 e. The van der Waals surface area contributed by atoms with Crippen molar-refractivity contribution in [1.29, 1.82) is 0 Å². The summed E-state index contributed by atoms with van der Waals surface area (Å²) in [6.07, 6.45) is 9.15. The molecule has 0 radical (unpaired) electrons. The molecule has 10 aromatic rings. The number of furan rings is 2. The van der Waals surface area contributed by atoms with Crippen LogP contribution in [-0.2, 0) is 9.47 Å².